The summed E-state index contributed by atoms with van der Waals surface area (Å²) >= 11 is 3.07. The van der Waals surface area contributed by atoms with Crippen molar-refractivity contribution in [3.05, 3.63) is 76.1 Å². The standard InChI is InChI=1S/C23H22BrF2N5S2.C2H7N.CH3NO/c24-21-22(17-9-5-2-6-10-17)28-14-19(15-29-30-23(21)31(32-25)33-26)18-11-12-20(27-13-18)16-7-3-1-4-8-16;2*1-2-3/h1,3-4,7-8,11-15,17,30H,2,5-6,9-10H2;2-3H2,1H3;1H3. The van der Waals surface area contributed by atoms with E-state index < -0.39 is 0 Å². The first kappa shape index (κ1) is 32.6. The van der Waals surface area contributed by atoms with Gasteiger partial charge in [-0.15, -0.1) is 7.77 Å². The summed E-state index contributed by atoms with van der Waals surface area (Å²) in [4.78, 5) is 17.9. The van der Waals surface area contributed by atoms with Gasteiger partial charge in [0.05, 0.1) is 29.1 Å². The first-order valence-electron chi connectivity index (χ1n) is 12.3. The maximum Gasteiger partial charge on any atom is 0.179 e. The van der Waals surface area contributed by atoms with Crippen molar-refractivity contribution in [2.45, 2.75) is 44.9 Å². The van der Waals surface area contributed by atoms with Crippen LogP contribution in [0.1, 0.15) is 50.6 Å². The van der Waals surface area contributed by atoms with Gasteiger partial charge in [0.25, 0.3) is 0 Å². The molecule has 0 amide bonds. The Hall–Kier alpha value is -2.61. The molecule has 1 aliphatic carbocycles. The van der Waals surface area contributed by atoms with Crippen LogP contribution in [-0.4, -0.2) is 33.8 Å². The van der Waals surface area contributed by atoms with Crippen molar-refractivity contribution < 1.29 is 7.77 Å². The third kappa shape index (κ3) is 10.1. The third-order valence-electron chi connectivity index (χ3n) is 5.62. The van der Waals surface area contributed by atoms with Gasteiger partial charge in [-0.25, -0.2) is 0 Å². The number of nitrogens with zero attached hydrogens (tertiary/aromatic N) is 5. The van der Waals surface area contributed by atoms with Crippen molar-refractivity contribution in [1.82, 2.24) is 20.2 Å². The highest BCUT2D eigenvalue weighted by Crippen LogP contribution is 2.41. The van der Waals surface area contributed by atoms with E-state index in [4.69, 9.17) is 15.6 Å². The molecule has 13 heteroatoms. The smallest absolute Gasteiger partial charge is 0.179 e. The Balaban J connectivity index is 0.000000815. The van der Waals surface area contributed by atoms with Crippen molar-refractivity contribution in [2.24, 2.45) is 10.9 Å². The number of nitroso groups, excluding NO2 is 1. The molecule has 2 heterocycles. The fraction of sp³-hybridized carbons (Fsp3) is 0.346. The van der Waals surface area contributed by atoms with Crippen LogP contribution >= 0.6 is 40.6 Å². The monoisotopic (exact) mass is 639 g/mol. The van der Waals surface area contributed by atoms with Crippen molar-refractivity contribution in [2.75, 3.05) is 17.3 Å². The number of aromatic amines is 1. The van der Waals surface area contributed by atoms with Crippen molar-refractivity contribution in [3.63, 3.8) is 0 Å². The van der Waals surface area contributed by atoms with Gasteiger partial charge in [0.1, 0.15) is 0 Å². The molecule has 0 atom stereocenters. The number of pyridine rings is 1. The first-order valence-corrected chi connectivity index (χ1v) is 14.5. The molecule has 1 saturated carbocycles. The number of hydrogen-bond donors (Lipinski definition) is 2. The van der Waals surface area contributed by atoms with Gasteiger partial charge in [0, 0.05) is 35.0 Å². The van der Waals surface area contributed by atoms with E-state index in [1.807, 2.05) is 49.4 Å². The fourth-order valence-corrected chi connectivity index (χ4v) is 5.33. The maximum absolute atomic E-state index is 13.4. The van der Waals surface area contributed by atoms with Gasteiger partial charge in [-0.1, -0.05) is 67.8 Å². The Morgan fingerprint density at radius 2 is 1.62 bits per heavy atom. The van der Waals surface area contributed by atoms with Crippen LogP contribution in [0.3, 0.4) is 0 Å². The average molecular weight is 641 g/mol. The van der Waals surface area contributed by atoms with Gasteiger partial charge in [0.15, 0.2) is 30.5 Å². The molecule has 0 radical (unpaired) electrons. The van der Waals surface area contributed by atoms with Crippen molar-refractivity contribution >= 4 is 46.4 Å². The lowest BCUT2D eigenvalue weighted by atomic mass is 9.87. The van der Waals surface area contributed by atoms with Gasteiger partial charge in [-0.3, -0.25) is 15.1 Å². The second-order valence-electron chi connectivity index (χ2n) is 8.25. The molecule has 39 heavy (non-hydrogen) atoms. The zero-order valence-electron chi connectivity index (χ0n) is 21.8. The van der Waals surface area contributed by atoms with Crippen LogP contribution in [0.2, 0.25) is 0 Å². The second-order valence-corrected chi connectivity index (χ2v) is 10.3. The highest BCUT2D eigenvalue weighted by molar-refractivity contribution is 9.10. The number of anilines is 1. The molecule has 3 N–H and O–H groups in total. The van der Waals surface area contributed by atoms with Crippen LogP contribution in [-0.2, 0) is 0 Å². The minimum Gasteiger partial charge on any atom is -0.331 e. The molecule has 1 aromatic carbocycles. The van der Waals surface area contributed by atoms with Crippen LogP contribution < -0.4 is 9.44 Å². The molecule has 3 aromatic rings. The lowest BCUT2D eigenvalue weighted by Crippen LogP contribution is -2.09. The van der Waals surface area contributed by atoms with Crippen LogP contribution in [0.15, 0.2) is 70.7 Å². The minimum absolute atomic E-state index is 0.155. The molecule has 0 spiro atoms. The second kappa shape index (κ2) is 18.6. The number of aromatic nitrogens is 4. The van der Waals surface area contributed by atoms with Gasteiger partial charge in [-0.05, 0) is 41.4 Å². The lowest BCUT2D eigenvalue weighted by molar-refractivity contribution is 0.436. The Morgan fingerprint density at radius 1 is 1.00 bits per heavy atom. The molecule has 1 fully saturated rings. The van der Waals surface area contributed by atoms with E-state index in [1.165, 1.54) is 13.5 Å². The van der Waals surface area contributed by atoms with E-state index in [0.29, 0.717) is 4.47 Å². The summed E-state index contributed by atoms with van der Waals surface area (Å²) < 4.78 is 28.1. The number of benzene rings is 1. The number of hydrogen-bond acceptors (Lipinski definition) is 9. The van der Waals surface area contributed by atoms with Crippen molar-refractivity contribution in [1.29, 1.82) is 0 Å². The lowest BCUT2D eigenvalue weighted by Gasteiger charge is -2.22. The van der Waals surface area contributed by atoms with Crippen LogP contribution in [0, 0.1) is 4.91 Å². The molecule has 210 valence electrons. The van der Waals surface area contributed by atoms with Crippen LogP contribution in [0.4, 0.5) is 13.6 Å². The Labute approximate surface area is 245 Å². The number of H-pyrrole nitrogens is 1. The summed E-state index contributed by atoms with van der Waals surface area (Å²) in [6, 6.07) is 13.9. The molecule has 0 unspecified atom stereocenters. The van der Waals surface area contributed by atoms with E-state index in [2.05, 4.69) is 36.3 Å². The zero-order valence-corrected chi connectivity index (χ0v) is 25.0. The molecule has 1 aliphatic rings. The summed E-state index contributed by atoms with van der Waals surface area (Å²) in [5, 5.41) is 9.26. The molecule has 2 aromatic heterocycles. The molecule has 8 nitrogen and oxygen atoms in total. The predicted octanol–water partition coefficient (Wildman–Crippen LogP) is 8.69. The van der Waals surface area contributed by atoms with Crippen molar-refractivity contribution in [3.8, 4) is 22.4 Å². The summed E-state index contributed by atoms with van der Waals surface area (Å²) in [5.41, 5.74) is 9.07. The summed E-state index contributed by atoms with van der Waals surface area (Å²) in [7, 11) is 1.19. The minimum atomic E-state index is -0.237. The third-order valence-corrected chi connectivity index (χ3v) is 7.35. The van der Waals surface area contributed by atoms with Gasteiger partial charge >= 0.3 is 0 Å². The maximum atomic E-state index is 13.4. The summed E-state index contributed by atoms with van der Waals surface area (Å²) in [6.45, 7) is 2.65. The van der Waals surface area contributed by atoms with E-state index in [-0.39, 0.29) is 36.4 Å². The summed E-state index contributed by atoms with van der Waals surface area (Å²) in [5.74, 6) is 0.345. The quantitative estimate of drug-likeness (QED) is 0.203. The highest BCUT2D eigenvalue weighted by Gasteiger charge is 2.23. The number of halogens is 3. The van der Waals surface area contributed by atoms with E-state index in [1.54, 1.807) is 18.6 Å². The van der Waals surface area contributed by atoms with E-state index >= 15 is 0 Å². The Kier molecular flexibility index (Phi) is 15.6. The number of nitrogens with two attached hydrogens (primary N) is 1. The zero-order chi connectivity index (χ0) is 28.5. The Morgan fingerprint density at radius 3 is 2.18 bits per heavy atom. The number of rotatable bonds is 6. The Bertz CT molecular complexity index is 1180. The van der Waals surface area contributed by atoms with Gasteiger partial charge in [0.2, 0.25) is 0 Å². The molecular formula is C26H32BrF2N7OS2. The molecular weight excluding hydrogens is 608 g/mol. The molecule has 0 bridgehead atoms. The molecule has 0 saturated heterocycles. The SMILES string of the molecule is CCN.CN=O.FSN(SF)c1[nH]ncc(-c2ccc(-c3ccccc3)nc2)cnc(C2CCCCC2)c1Br. The predicted molar refractivity (Wildman–Crippen MR) is 163 cm³/mol. The fourth-order valence-electron chi connectivity index (χ4n) is 3.92. The van der Waals surface area contributed by atoms with Gasteiger partial charge in [-0.2, -0.15) is 13.7 Å². The first-order chi connectivity index (χ1) is 19.0. The molecule has 0 aliphatic heterocycles. The largest absolute Gasteiger partial charge is 0.331 e. The van der Waals surface area contributed by atoms with Crippen LogP contribution in [0.5, 0.6) is 0 Å². The number of nitrogens with one attached hydrogen (secondary N) is 1. The average Bonchev–Trinajstić information content (AvgIpc) is 3.05. The normalized spacial score (nSPS) is 12.7. The summed E-state index contributed by atoms with van der Waals surface area (Å²) in [6.07, 6.45) is 10.4. The topological polar surface area (TPSA) is 113 Å². The van der Waals surface area contributed by atoms with Crippen LogP contribution in [0.25, 0.3) is 22.4 Å². The highest BCUT2D eigenvalue weighted by atomic mass is 79.9. The van der Waals surface area contributed by atoms with E-state index in [0.717, 1.165) is 64.0 Å². The molecule has 4 rings (SSSR count). The van der Waals surface area contributed by atoms with Gasteiger partial charge < -0.3 is 5.73 Å². The van der Waals surface area contributed by atoms with E-state index in [9.17, 15) is 7.77 Å².